The molecule has 0 radical (unpaired) electrons. The Bertz CT molecular complexity index is 758. The van der Waals surface area contributed by atoms with Gasteiger partial charge in [0.25, 0.3) is 0 Å². The molecule has 1 N–H and O–H groups in total. The molecule has 1 aliphatic rings. The van der Waals surface area contributed by atoms with Gasteiger partial charge >= 0.3 is 0 Å². The van der Waals surface area contributed by atoms with E-state index in [0.717, 1.165) is 11.3 Å². The van der Waals surface area contributed by atoms with Crippen molar-refractivity contribution in [1.29, 1.82) is 0 Å². The number of halogens is 2. The van der Waals surface area contributed by atoms with Gasteiger partial charge in [-0.25, -0.2) is 4.39 Å². The zero-order chi connectivity index (χ0) is 15.0. The topological polar surface area (TPSA) is 46.2 Å². The molecule has 0 fully saturated rings. The summed E-state index contributed by atoms with van der Waals surface area (Å²) in [4.78, 5) is 23.7. The number of anilines is 1. The van der Waals surface area contributed by atoms with Gasteiger partial charge < -0.3 is 5.32 Å². The molecule has 2 aromatic rings. The van der Waals surface area contributed by atoms with Gasteiger partial charge in [-0.05, 0) is 58.2 Å². The third-order valence-electron chi connectivity index (χ3n) is 3.46. The number of carbonyl (C=O) groups excluding carboxylic acids is 2. The second-order valence-corrected chi connectivity index (χ2v) is 5.70. The molecule has 3 nitrogen and oxygen atoms in total. The van der Waals surface area contributed by atoms with Gasteiger partial charge in [0.1, 0.15) is 5.82 Å². The summed E-state index contributed by atoms with van der Waals surface area (Å²) < 4.78 is 14.3. The predicted molar refractivity (Wildman–Crippen MR) is 80.9 cm³/mol. The monoisotopic (exact) mass is 347 g/mol. The van der Waals surface area contributed by atoms with Crippen molar-refractivity contribution < 1.29 is 14.0 Å². The number of rotatable bonds is 2. The molecule has 1 amide bonds. The van der Waals surface area contributed by atoms with Gasteiger partial charge in [-0.3, -0.25) is 9.59 Å². The van der Waals surface area contributed by atoms with Gasteiger partial charge in [-0.15, -0.1) is 0 Å². The van der Waals surface area contributed by atoms with Crippen molar-refractivity contribution in [2.75, 3.05) is 5.32 Å². The Labute approximate surface area is 129 Å². The Morgan fingerprint density at radius 3 is 2.81 bits per heavy atom. The molecule has 21 heavy (non-hydrogen) atoms. The van der Waals surface area contributed by atoms with Crippen molar-refractivity contribution in [3.05, 3.63) is 63.4 Å². The van der Waals surface area contributed by atoms with E-state index in [1.807, 2.05) is 0 Å². The van der Waals surface area contributed by atoms with Crippen molar-refractivity contribution in [3.8, 4) is 0 Å². The summed E-state index contributed by atoms with van der Waals surface area (Å²) in [5.41, 5.74) is 2.07. The number of fused-ring (bicyclic) bond motifs is 1. The number of amides is 1. The smallest absolute Gasteiger partial charge is 0.224 e. The maximum Gasteiger partial charge on any atom is 0.224 e. The van der Waals surface area contributed by atoms with Crippen LogP contribution in [0.2, 0.25) is 0 Å². The Morgan fingerprint density at radius 2 is 2.00 bits per heavy atom. The molecule has 0 atom stereocenters. The molecule has 0 aromatic heterocycles. The van der Waals surface area contributed by atoms with Crippen LogP contribution in [0.1, 0.15) is 27.9 Å². The molecule has 1 heterocycles. The van der Waals surface area contributed by atoms with Gasteiger partial charge in [0.2, 0.25) is 5.91 Å². The summed E-state index contributed by atoms with van der Waals surface area (Å²) in [6.07, 6.45) is 0.985. The first-order valence-corrected chi connectivity index (χ1v) is 7.27. The zero-order valence-electron chi connectivity index (χ0n) is 11.0. The van der Waals surface area contributed by atoms with Crippen LogP contribution in [0.3, 0.4) is 0 Å². The highest BCUT2D eigenvalue weighted by molar-refractivity contribution is 9.10. The van der Waals surface area contributed by atoms with E-state index >= 15 is 0 Å². The largest absolute Gasteiger partial charge is 0.326 e. The summed E-state index contributed by atoms with van der Waals surface area (Å²) in [5.74, 6) is -0.957. The van der Waals surface area contributed by atoms with Gasteiger partial charge in [0, 0.05) is 17.7 Å². The van der Waals surface area contributed by atoms with Gasteiger partial charge in [0.15, 0.2) is 5.78 Å². The lowest BCUT2D eigenvalue weighted by molar-refractivity contribution is -0.116. The third kappa shape index (κ3) is 2.61. The lowest BCUT2D eigenvalue weighted by Crippen LogP contribution is -2.19. The predicted octanol–water partition coefficient (Wildman–Crippen LogP) is 3.70. The Hall–Kier alpha value is -2.01. The fourth-order valence-corrected chi connectivity index (χ4v) is 2.73. The molecule has 0 spiro atoms. The first kappa shape index (κ1) is 13.9. The summed E-state index contributed by atoms with van der Waals surface area (Å²) in [6, 6.07) is 9.65. The fourth-order valence-electron chi connectivity index (χ4n) is 2.36. The highest BCUT2D eigenvalue weighted by Crippen LogP contribution is 2.26. The number of hydrogen-bond acceptors (Lipinski definition) is 2. The second kappa shape index (κ2) is 5.41. The number of benzene rings is 2. The summed E-state index contributed by atoms with van der Waals surface area (Å²) >= 11 is 3.08. The van der Waals surface area contributed by atoms with Crippen LogP contribution in [0.5, 0.6) is 0 Å². The van der Waals surface area contributed by atoms with E-state index in [9.17, 15) is 14.0 Å². The molecule has 106 valence electrons. The van der Waals surface area contributed by atoms with Crippen molar-refractivity contribution in [2.24, 2.45) is 0 Å². The molecule has 0 bridgehead atoms. The minimum absolute atomic E-state index is 0.0281. The normalized spacial score (nSPS) is 13.5. The van der Waals surface area contributed by atoms with Crippen LogP contribution in [-0.4, -0.2) is 11.7 Å². The van der Waals surface area contributed by atoms with E-state index in [1.165, 1.54) is 6.07 Å². The van der Waals surface area contributed by atoms with E-state index in [1.54, 1.807) is 30.3 Å². The number of nitrogens with one attached hydrogen (secondary N) is 1. The number of ketones is 1. The zero-order valence-corrected chi connectivity index (χ0v) is 12.5. The standard InChI is InChI=1S/C16H11BrFNO2/c17-12-3-1-2-11(15(12)18)16(21)10-4-6-13-9(8-10)5-7-14(20)19-13/h1-4,6,8H,5,7H2,(H,19,20). The number of hydrogen-bond donors (Lipinski definition) is 1. The van der Waals surface area contributed by atoms with Crippen LogP contribution < -0.4 is 5.32 Å². The molecule has 0 aliphatic carbocycles. The fraction of sp³-hybridized carbons (Fsp3) is 0.125. The van der Waals surface area contributed by atoms with Gasteiger partial charge in [-0.2, -0.15) is 0 Å². The first-order chi connectivity index (χ1) is 10.1. The molecule has 0 saturated carbocycles. The molecular weight excluding hydrogens is 337 g/mol. The maximum atomic E-state index is 14.0. The molecule has 3 rings (SSSR count). The van der Waals surface area contributed by atoms with Crippen molar-refractivity contribution in [2.45, 2.75) is 12.8 Å². The third-order valence-corrected chi connectivity index (χ3v) is 4.07. The van der Waals surface area contributed by atoms with Crippen LogP contribution in [0.15, 0.2) is 40.9 Å². The number of aryl methyl sites for hydroxylation is 1. The molecule has 0 unspecified atom stereocenters. The molecular formula is C16H11BrFNO2. The SMILES string of the molecule is O=C1CCc2cc(C(=O)c3cccc(Br)c3F)ccc2N1. The second-order valence-electron chi connectivity index (χ2n) is 4.85. The minimum Gasteiger partial charge on any atom is -0.326 e. The van der Waals surface area contributed by atoms with E-state index in [4.69, 9.17) is 0 Å². The molecule has 1 aliphatic heterocycles. The summed E-state index contributed by atoms with van der Waals surface area (Å²) in [6.45, 7) is 0. The lowest BCUT2D eigenvalue weighted by Gasteiger charge is -2.17. The highest BCUT2D eigenvalue weighted by Gasteiger charge is 2.19. The van der Waals surface area contributed by atoms with E-state index in [2.05, 4.69) is 21.2 Å². The minimum atomic E-state index is -0.562. The number of carbonyl (C=O) groups is 2. The van der Waals surface area contributed by atoms with E-state index in [0.29, 0.717) is 18.4 Å². The van der Waals surface area contributed by atoms with Crippen LogP contribution in [0.25, 0.3) is 0 Å². The van der Waals surface area contributed by atoms with Crippen molar-refractivity contribution in [1.82, 2.24) is 0 Å². The Kier molecular flexibility index (Phi) is 3.59. The van der Waals surface area contributed by atoms with Crippen molar-refractivity contribution in [3.63, 3.8) is 0 Å². The maximum absolute atomic E-state index is 14.0. The highest BCUT2D eigenvalue weighted by atomic mass is 79.9. The Morgan fingerprint density at radius 1 is 1.19 bits per heavy atom. The first-order valence-electron chi connectivity index (χ1n) is 6.48. The van der Waals surface area contributed by atoms with Crippen LogP contribution >= 0.6 is 15.9 Å². The summed E-state index contributed by atoms with van der Waals surface area (Å²) in [5, 5.41) is 2.75. The summed E-state index contributed by atoms with van der Waals surface area (Å²) in [7, 11) is 0. The van der Waals surface area contributed by atoms with Crippen molar-refractivity contribution >= 4 is 33.3 Å². The lowest BCUT2D eigenvalue weighted by atomic mass is 9.96. The quantitative estimate of drug-likeness (QED) is 0.842. The van der Waals surface area contributed by atoms with Crippen LogP contribution in [-0.2, 0) is 11.2 Å². The molecule has 5 heteroatoms. The van der Waals surface area contributed by atoms with E-state index in [-0.39, 0.29) is 21.7 Å². The Balaban J connectivity index is 1.99. The van der Waals surface area contributed by atoms with Gasteiger partial charge in [0.05, 0.1) is 10.0 Å². The van der Waals surface area contributed by atoms with Crippen LogP contribution in [0.4, 0.5) is 10.1 Å². The average Bonchev–Trinajstić information content (AvgIpc) is 2.49. The van der Waals surface area contributed by atoms with Crippen LogP contribution in [0, 0.1) is 5.82 Å². The van der Waals surface area contributed by atoms with Gasteiger partial charge in [-0.1, -0.05) is 6.07 Å². The molecule has 0 saturated heterocycles. The molecule has 2 aromatic carbocycles. The average molecular weight is 348 g/mol. The van der Waals surface area contributed by atoms with E-state index < -0.39 is 5.82 Å².